The van der Waals surface area contributed by atoms with Crippen molar-refractivity contribution in [2.75, 3.05) is 19.8 Å². The number of para-hydroxylation sites is 1. The summed E-state index contributed by atoms with van der Waals surface area (Å²) in [7, 11) is 0. The van der Waals surface area contributed by atoms with E-state index in [9.17, 15) is 22.8 Å². The molecule has 0 radical (unpaired) electrons. The van der Waals surface area contributed by atoms with Crippen LogP contribution in [0.15, 0.2) is 75.0 Å². The molecule has 0 unspecified atom stereocenters. The smallest absolute Gasteiger partial charge is 0.416 e. The summed E-state index contributed by atoms with van der Waals surface area (Å²) in [5.41, 5.74) is -0.599. The normalized spacial score (nSPS) is 11.7. The van der Waals surface area contributed by atoms with Gasteiger partial charge in [0, 0.05) is 5.56 Å². The standard InChI is InChI=1S/C28H23BrF3N3O5/c1-3-38-23-13-17(12-21(29)25(23)40-16-24(36)39-4-2)15-33-35-26(18-8-7-9-19(14-18)28(30,31)32)34-22-11-6-5-10-20(22)27(35)37/h5-15H,3-4,16H2,1-2H3. The molecule has 0 fully saturated rings. The number of benzene rings is 3. The molecule has 8 nitrogen and oxygen atoms in total. The van der Waals surface area contributed by atoms with Gasteiger partial charge in [-0.15, -0.1) is 0 Å². The Labute approximate surface area is 235 Å². The lowest BCUT2D eigenvalue weighted by Gasteiger charge is -2.14. The zero-order valence-electron chi connectivity index (χ0n) is 21.4. The first-order valence-corrected chi connectivity index (χ1v) is 12.9. The molecule has 1 heterocycles. The average Bonchev–Trinajstić information content (AvgIpc) is 2.92. The molecule has 0 aliphatic rings. The Morgan fingerprint density at radius 1 is 1.05 bits per heavy atom. The number of fused-ring (bicyclic) bond motifs is 1. The van der Waals surface area contributed by atoms with E-state index in [0.717, 1.165) is 16.8 Å². The van der Waals surface area contributed by atoms with Crippen molar-refractivity contribution in [2.24, 2.45) is 5.10 Å². The molecule has 0 saturated carbocycles. The highest BCUT2D eigenvalue weighted by Crippen LogP contribution is 2.37. The minimum Gasteiger partial charge on any atom is -0.490 e. The molecule has 0 N–H and O–H groups in total. The third-order valence-electron chi connectivity index (χ3n) is 5.50. The van der Waals surface area contributed by atoms with E-state index < -0.39 is 23.3 Å². The minimum atomic E-state index is -4.58. The Kier molecular flexibility index (Phi) is 8.88. The van der Waals surface area contributed by atoms with Crippen LogP contribution in [0.25, 0.3) is 22.3 Å². The van der Waals surface area contributed by atoms with Crippen LogP contribution in [-0.4, -0.2) is 41.7 Å². The highest BCUT2D eigenvalue weighted by molar-refractivity contribution is 9.10. The van der Waals surface area contributed by atoms with Crippen LogP contribution in [0.3, 0.4) is 0 Å². The minimum absolute atomic E-state index is 0.0636. The third-order valence-corrected chi connectivity index (χ3v) is 6.08. The van der Waals surface area contributed by atoms with Gasteiger partial charge in [-0.2, -0.15) is 22.9 Å². The van der Waals surface area contributed by atoms with E-state index in [0.29, 0.717) is 21.3 Å². The van der Waals surface area contributed by atoms with Crippen LogP contribution in [-0.2, 0) is 15.7 Å². The molecule has 0 bridgehead atoms. The van der Waals surface area contributed by atoms with Gasteiger partial charge in [-0.05, 0) is 71.7 Å². The SMILES string of the molecule is CCOC(=O)COc1c(Br)cc(C=Nn2c(-c3cccc(C(F)(F)F)c3)nc3ccccc3c2=O)cc1OCC. The van der Waals surface area contributed by atoms with Gasteiger partial charge in [-0.1, -0.05) is 24.3 Å². The number of halogens is 4. The number of ether oxygens (including phenoxy) is 3. The van der Waals surface area contributed by atoms with Crippen LogP contribution in [0.5, 0.6) is 11.5 Å². The monoisotopic (exact) mass is 617 g/mol. The highest BCUT2D eigenvalue weighted by atomic mass is 79.9. The largest absolute Gasteiger partial charge is 0.490 e. The molecule has 1 aromatic heterocycles. The van der Waals surface area contributed by atoms with E-state index in [-0.39, 0.29) is 42.3 Å². The molecule has 0 aliphatic heterocycles. The van der Waals surface area contributed by atoms with E-state index in [1.165, 1.54) is 18.3 Å². The molecule has 0 atom stereocenters. The van der Waals surface area contributed by atoms with Crippen LogP contribution in [0.2, 0.25) is 0 Å². The fourth-order valence-corrected chi connectivity index (χ4v) is 4.35. The quantitative estimate of drug-likeness (QED) is 0.167. The summed E-state index contributed by atoms with van der Waals surface area (Å²) in [5, 5.41) is 4.55. The van der Waals surface area contributed by atoms with Crippen molar-refractivity contribution in [3.05, 3.63) is 86.6 Å². The summed E-state index contributed by atoms with van der Waals surface area (Å²) < 4.78 is 57.8. The Morgan fingerprint density at radius 3 is 2.55 bits per heavy atom. The lowest BCUT2D eigenvalue weighted by molar-refractivity contribution is -0.145. The number of carbonyl (C=O) groups excluding carboxylic acids is 1. The van der Waals surface area contributed by atoms with E-state index in [1.807, 2.05) is 0 Å². The Morgan fingerprint density at radius 2 is 1.82 bits per heavy atom. The maximum atomic E-state index is 13.4. The summed E-state index contributed by atoms with van der Waals surface area (Å²) in [6.07, 6.45) is -3.24. The fourth-order valence-electron chi connectivity index (χ4n) is 3.78. The number of esters is 1. The number of aromatic nitrogens is 2. The molecular formula is C28H23BrF3N3O5. The predicted octanol–water partition coefficient (Wildman–Crippen LogP) is 6.07. The van der Waals surface area contributed by atoms with Gasteiger partial charge in [0.1, 0.15) is 0 Å². The summed E-state index contributed by atoms with van der Waals surface area (Å²) >= 11 is 3.40. The zero-order chi connectivity index (χ0) is 28.9. The average molecular weight is 618 g/mol. The topological polar surface area (TPSA) is 92.0 Å². The number of alkyl halides is 3. The molecule has 0 amide bonds. The molecule has 40 heavy (non-hydrogen) atoms. The molecule has 4 rings (SSSR count). The van der Waals surface area contributed by atoms with Gasteiger partial charge in [-0.25, -0.2) is 9.78 Å². The first kappa shape index (κ1) is 28.8. The van der Waals surface area contributed by atoms with Crippen molar-refractivity contribution in [3.8, 4) is 22.9 Å². The van der Waals surface area contributed by atoms with Gasteiger partial charge in [0.25, 0.3) is 5.56 Å². The van der Waals surface area contributed by atoms with Crippen LogP contribution < -0.4 is 15.0 Å². The third kappa shape index (κ3) is 6.50. The first-order chi connectivity index (χ1) is 19.1. The summed E-state index contributed by atoms with van der Waals surface area (Å²) in [4.78, 5) is 29.6. The van der Waals surface area contributed by atoms with Crippen molar-refractivity contribution in [3.63, 3.8) is 0 Å². The fraction of sp³-hybridized carbons (Fsp3) is 0.214. The van der Waals surface area contributed by atoms with Crippen LogP contribution >= 0.6 is 15.9 Å². The van der Waals surface area contributed by atoms with Gasteiger partial charge < -0.3 is 14.2 Å². The Bertz CT molecular complexity index is 1640. The predicted molar refractivity (Wildman–Crippen MR) is 147 cm³/mol. The summed E-state index contributed by atoms with van der Waals surface area (Å²) in [6.45, 7) is 3.62. The van der Waals surface area contributed by atoms with Gasteiger partial charge >= 0.3 is 12.1 Å². The van der Waals surface area contributed by atoms with Gasteiger partial charge in [0.05, 0.1) is 40.4 Å². The molecule has 208 valence electrons. The number of hydrogen-bond donors (Lipinski definition) is 0. The van der Waals surface area contributed by atoms with Crippen molar-refractivity contribution in [2.45, 2.75) is 20.0 Å². The van der Waals surface area contributed by atoms with Gasteiger partial charge in [0.15, 0.2) is 23.9 Å². The van der Waals surface area contributed by atoms with E-state index in [1.54, 1.807) is 50.2 Å². The van der Waals surface area contributed by atoms with Gasteiger partial charge in [0.2, 0.25) is 0 Å². The van der Waals surface area contributed by atoms with Crippen molar-refractivity contribution in [1.82, 2.24) is 9.66 Å². The molecule has 4 aromatic rings. The lowest BCUT2D eigenvalue weighted by atomic mass is 10.1. The number of hydrogen-bond acceptors (Lipinski definition) is 7. The van der Waals surface area contributed by atoms with E-state index in [2.05, 4.69) is 26.0 Å². The molecule has 3 aromatic carbocycles. The number of nitrogens with zero attached hydrogens (tertiary/aromatic N) is 3. The Hall–Kier alpha value is -4.19. The van der Waals surface area contributed by atoms with E-state index in [4.69, 9.17) is 14.2 Å². The molecule has 12 heteroatoms. The number of rotatable bonds is 9. The van der Waals surface area contributed by atoms with Crippen LogP contribution in [0.4, 0.5) is 13.2 Å². The first-order valence-electron chi connectivity index (χ1n) is 12.1. The molecule has 0 saturated heterocycles. The van der Waals surface area contributed by atoms with Crippen LogP contribution in [0.1, 0.15) is 25.0 Å². The van der Waals surface area contributed by atoms with Crippen LogP contribution in [0, 0.1) is 0 Å². The van der Waals surface area contributed by atoms with E-state index >= 15 is 0 Å². The number of carbonyl (C=O) groups is 1. The summed E-state index contributed by atoms with van der Waals surface area (Å²) in [5.74, 6) is -0.0525. The second kappa shape index (κ2) is 12.3. The highest BCUT2D eigenvalue weighted by Gasteiger charge is 2.31. The summed E-state index contributed by atoms with van der Waals surface area (Å²) in [6, 6.07) is 14.2. The van der Waals surface area contributed by atoms with Crippen molar-refractivity contribution >= 4 is 39.0 Å². The molecule has 0 spiro atoms. The van der Waals surface area contributed by atoms with Crippen molar-refractivity contribution in [1.29, 1.82) is 0 Å². The molecule has 0 aliphatic carbocycles. The zero-order valence-corrected chi connectivity index (χ0v) is 23.0. The van der Waals surface area contributed by atoms with Gasteiger partial charge in [-0.3, -0.25) is 4.79 Å². The second-order valence-corrected chi connectivity index (χ2v) is 9.10. The maximum Gasteiger partial charge on any atom is 0.416 e. The Balaban J connectivity index is 1.80. The lowest BCUT2D eigenvalue weighted by Crippen LogP contribution is -2.20. The molecular weight excluding hydrogens is 595 g/mol. The maximum absolute atomic E-state index is 13.4. The second-order valence-electron chi connectivity index (χ2n) is 8.25. The van der Waals surface area contributed by atoms with Crippen molar-refractivity contribution < 1.29 is 32.2 Å².